The second kappa shape index (κ2) is 5.42. The minimum Gasteiger partial charge on any atom is -0.486 e. The average Bonchev–Trinajstić information content (AvgIpc) is 2.94. The van der Waals surface area contributed by atoms with Crippen LogP contribution in [-0.2, 0) is 6.54 Å². The highest BCUT2D eigenvalue weighted by Crippen LogP contribution is 2.37. The summed E-state index contributed by atoms with van der Waals surface area (Å²) in [6.45, 7) is 1.73. The van der Waals surface area contributed by atoms with Gasteiger partial charge in [0.2, 0.25) is 5.91 Å². The molecule has 2 aromatic rings. The molecule has 1 amide bonds. The van der Waals surface area contributed by atoms with Gasteiger partial charge in [-0.1, -0.05) is 6.07 Å². The number of anilines is 1. The molecule has 0 aliphatic carbocycles. The zero-order valence-corrected chi connectivity index (χ0v) is 11.5. The molecule has 1 aromatic carbocycles. The molecule has 0 fully saturated rings. The quantitative estimate of drug-likeness (QED) is 0.905. The van der Waals surface area contributed by atoms with Crippen molar-refractivity contribution >= 4 is 22.9 Å². The molecule has 3 N–H and O–H groups in total. The van der Waals surface area contributed by atoms with Crippen molar-refractivity contribution in [2.75, 3.05) is 18.5 Å². The van der Waals surface area contributed by atoms with Crippen LogP contribution in [0, 0.1) is 0 Å². The van der Waals surface area contributed by atoms with Gasteiger partial charge in [-0.2, -0.15) is 0 Å². The second-order valence-corrected chi connectivity index (χ2v) is 5.35. The molecule has 6 heteroatoms. The normalized spacial score (nSPS) is 13.0. The van der Waals surface area contributed by atoms with Gasteiger partial charge in [-0.15, -0.1) is 11.3 Å². The molecule has 1 aliphatic heterocycles. The van der Waals surface area contributed by atoms with Crippen molar-refractivity contribution < 1.29 is 14.3 Å². The van der Waals surface area contributed by atoms with Gasteiger partial charge >= 0.3 is 0 Å². The topological polar surface area (TPSA) is 73.6 Å². The SMILES string of the molecule is NC(=O)c1csc(CNc2cccc3c2OCCO3)c1. The van der Waals surface area contributed by atoms with E-state index in [-0.39, 0.29) is 0 Å². The molecule has 2 heterocycles. The van der Waals surface area contributed by atoms with Gasteiger partial charge < -0.3 is 20.5 Å². The minimum atomic E-state index is -0.402. The Morgan fingerprint density at radius 1 is 1.35 bits per heavy atom. The van der Waals surface area contributed by atoms with Crippen LogP contribution in [0.25, 0.3) is 0 Å². The highest BCUT2D eigenvalue weighted by molar-refractivity contribution is 7.10. The van der Waals surface area contributed by atoms with Crippen LogP contribution in [0.3, 0.4) is 0 Å². The molecule has 3 rings (SSSR count). The summed E-state index contributed by atoms with van der Waals surface area (Å²) in [7, 11) is 0. The number of ether oxygens (including phenoxy) is 2. The number of thiophene rings is 1. The lowest BCUT2D eigenvalue weighted by Gasteiger charge is -2.21. The third-order valence-corrected chi connectivity index (χ3v) is 3.89. The standard InChI is InChI=1S/C14H14N2O3S/c15-14(17)9-6-10(20-8-9)7-16-11-2-1-3-12-13(11)19-5-4-18-12/h1-3,6,8,16H,4-5,7H2,(H2,15,17). The zero-order chi connectivity index (χ0) is 13.9. The number of nitrogens with two attached hydrogens (primary N) is 1. The van der Waals surface area contributed by atoms with Crippen LogP contribution in [-0.4, -0.2) is 19.1 Å². The Labute approximate surface area is 120 Å². The van der Waals surface area contributed by atoms with Crippen molar-refractivity contribution in [3.05, 3.63) is 40.1 Å². The van der Waals surface area contributed by atoms with Crippen molar-refractivity contribution in [2.24, 2.45) is 5.73 Å². The number of carbonyl (C=O) groups is 1. The van der Waals surface area contributed by atoms with E-state index in [0.29, 0.717) is 25.3 Å². The smallest absolute Gasteiger partial charge is 0.249 e. The fourth-order valence-corrected chi connectivity index (χ4v) is 2.81. The minimum absolute atomic E-state index is 0.402. The molecule has 0 saturated heterocycles. The molecule has 1 aromatic heterocycles. The van der Waals surface area contributed by atoms with Gasteiger partial charge in [0.1, 0.15) is 13.2 Å². The Morgan fingerprint density at radius 2 is 2.20 bits per heavy atom. The van der Waals surface area contributed by atoms with Crippen LogP contribution in [0.15, 0.2) is 29.6 Å². The lowest BCUT2D eigenvalue weighted by molar-refractivity contribution is 0.100. The molecular weight excluding hydrogens is 276 g/mol. The first-order chi connectivity index (χ1) is 9.74. The van der Waals surface area contributed by atoms with Crippen molar-refractivity contribution in [1.29, 1.82) is 0 Å². The van der Waals surface area contributed by atoms with E-state index in [2.05, 4.69) is 5.32 Å². The first-order valence-corrected chi connectivity index (χ1v) is 7.12. The molecule has 0 radical (unpaired) electrons. The maximum absolute atomic E-state index is 11.1. The van der Waals surface area contributed by atoms with Gasteiger partial charge in [-0.3, -0.25) is 4.79 Å². The van der Waals surface area contributed by atoms with E-state index in [9.17, 15) is 4.79 Å². The Kier molecular flexibility index (Phi) is 3.47. The molecular formula is C14H14N2O3S. The van der Waals surface area contributed by atoms with Gasteiger partial charge in [0.25, 0.3) is 0 Å². The molecule has 5 nitrogen and oxygen atoms in total. The van der Waals surface area contributed by atoms with Gasteiger partial charge in [0.05, 0.1) is 11.3 Å². The number of benzene rings is 1. The molecule has 1 aliphatic rings. The second-order valence-electron chi connectivity index (χ2n) is 4.35. The van der Waals surface area contributed by atoms with Crippen molar-refractivity contribution in [3.8, 4) is 11.5 Å². The first-order valence-electron chi connectivity index (χ1n) is 6.24. The van der Waals surface area contributed by atoms with Crippen LogP contribution in [0.1, 0.15) is 15.2 Å². The van der Waals surface area contributed by atoms with Crippen molar-refractivity contribution in [1.82, 2.24) is 0 Å². The van der Waals surface area contributed by atoms with E-state index in [0.717, 1.165) is 22.1 Å². The number of hydrogen-bond donors (Lipinski definition) is 2. The number of amides is 1. The number of carbonyl (C=O) groups excluding carboxylic acids is 1. The highest BCUT2D eigenvalue weighted by Gasteiger charge is 2.15. The number of nitrogens with one attached hydrogen (secondary N) is 1. The predicted molar refractivity (Wildman–Crippen MR) is 77.6 cm³/mol. The molecule has 20 heavy (non-hydrogen) atoms. The summed E-state index contributed by atoms with van der Waals surface area (Å²) in [6.07, 6.45) is 0. The summed E-state index contributed by atoms with van der Waals surface area (Å²) in [5, 5.41) is 5.06. The Bertz CT molecular complexity index is 639. The summed E-state index contributed by atoms with van der Waals surface area (Å²) in [4.78, 5) is 12.1. The summed E-state index contributed by atoms with van der Waals surface area (Å²) >= 11 is 1.50. The van der Waals surface area contributed by atoms with Crippen molar-refractivity contribution in [3.63, 3.8) is 0 Å². The highest BCUT2D eigenvalue weighted by atomic mass is 32.1. The fraction of sp³-hybridized carbons (Fsp3) is 0.214. The van der Waals surface area contributed by atoms with Gasteiger partial charge in [0.15, 0.2) is 11.5 Å². The Balaban J connectivity index is 1.73. The van der Waals surface area contributed by atoms with E-state index >= 15 is 0 Å². The molecule has 0 saturated carbocycles. The van der Waals surface area contributed by atoms with Crippen LogP contribution in [0.5, 0.6) is 11.5 Å². The van der Waals surface area contributed by atoms with E-state index < -0.39 is 5.91 Å². The largest absolute Gasteiger partial charge is 0.486 e. The molecule has 0 bridgehead atoms. The van der Waals surface area contributed by atoms with E-state index in [1.807, 2.05) is 18.2 Å². The Morgan fingerprint density at radius 3 is 3.00 bits per heavy atom. The number of rotatable bonds is 4. The maximum Gasteiger partial charge on any atom is 0.249 e. The van der Waals surface area contributed by atoms with Crippen molar-refractivity contribution in [2.45, 2.75) is 6.54 Å². The lowest BCUT2D eigenvalue weighted by atomic mass is 10.2. The van der Waals surface area contributed by atoms with E-state index in [1.165, 1.54) is 11.3 Å². The lowest BCUT2D eigenvalue weighted by Crippen LogP contribution is -2.16. The molecule has 0 spiro atoms. The fourth-order valence-electron chi connectivity index (χ4n) is 2.00. The Hall–Kier alpha value is -2.21. The first kappa shape index (κ1) is 12.8. The van der Waals surface area contributed by atoms with Gasteiger partial charge in [0, 0.05) is 16.8 Å². The van der Waals surface area contributed by atoms with Gasteiger partial charge in [-0.05, 0) is 18.2 Å². The predicted octanol–water partition coefficient (Wildman–Crippen LogP) is 2.23. The van der Waals surface area contributed by atoms with E-state index in [1.54, 1.807) is 11.4 Å². The van der Waals surface area contributed by atoms with Crippen LogP contribution >= 0.6 is 11.3 Å². The summed E-state index contributed by atoms with van der Waals surface area (Å²) in [5.74, 6) is 1.09. The van der Waals surface area contributed by atoms with Gasteiger partial charge in [-0.25, -0.2) is 0 Å². The zero-order valence-electron chi connectivity index (χ0n) is 10.7. The van der Waals surface area contributed by atoms with Crippen LogP contribution in [0.2, 0.25) is 0 Å². The molecule has 104 valence electrons. The monoisotopic (exact) mass is 290 g/mol. The maximum atomic E-state index is 11.1. The number of primary amides is 1. The molecule has 0 atom stereocenters. The van der Waals surface area contributed by atoms with Crippen LogP contribution in [0.4, 0.5) is 5.69 Å². The average molecular weight is 290 g/mol. The number of para-hydroxylation sites is 1. The summed E-state index contributed by atoms with van der Waals surface area (Å²) in [5.41, 5.74) is 6.66. The molecule has 0 unspecified atom stereocenters. The third kappa shape index (κ3) is 2.55. The third-order valence-electron chi connectivity index (χ3n) is 2.96. The van der Waals surface area contributed by atoms with E-state index in [4.69, 9.17) is 15.2 Å². The summed E-state index contributed by atoms with van der Waals surface area (Å²) in [6, 6.07) is 7.54. The van der Waals surface area contributed by atoms with Crippen LogP contribution < -0.4 is 20.5 Å². The summed E-state index contributed by atoms with van der Waals surface area (Å²) < 4.78 is 11.2. The number of fused-ring (bicyclic) bond motifs is 1. The number of hydrogen-bond acceptors (Lipinski definition) is 5.